The van der Waals surface area contributed by atoms with E-state index < -0.39 is 0 Å². The minimum atomic E-state index is -0.149. The molecule has 1 amide bonds. The van der Waals surface area contributed by atoms with Crippen LogP contribution in [0.25, 0.3) is 5.57 Å². The number of nitrogens with zero attached hydrogens (tertiary/aromatic N) is 2. The molecule has 2 aromatic carbocycles. The van der Waals surface area contributed by atoms with Crippen molar-refractivity contribution in [1.82, 2.24) is 4.90 Å². The molecule has 150 valence electrons. The van der Waals surface area contributed by atoms with Crippen molar-refractivity contribution in [3.63, 3.8) is 0 Å². The number of rotatable bonds is 6. The maximum atomic E-state index is 12.8. The van der Waals surface area contributed by atoms with Crippen LogP contribution in [0.2, 0.25) is 0 Å². The molecule has 2 heterocycles. The number of carbonyl (C=O) groups is 1. The molecule has 0 fully saturated rings. The molecule has 0 spiro atoms. The zero-order chi connectivity index (χ0) is 20.4. The lowest BCUT2D eigenvalue weighted by molar-refractivity contribution is -0.110. The number of oxime groups is 1. The van der Waals surface area contributed by atoms with Gasteiger partial charge in [0.2, 0.25) is 0 Å². The number of nitrogens with one attached hydrogen (secondary N) is 2. The second-order valence-corrected chi connectivity index (χ2v) is 8.06. The third-order valence-electron chi connectivity index (χ3n) is 4.98. The maximum Gasteiger partial charge on any atom is 0.258 e. The van der Waals surface area contributed by atoms with Gasteiger partial charge in [0.05, 0.1) is 11.3 Å². The fraction of sp³-hybridized carbons (Fsp3) is 0.273. The summed E-state index contributed by atoms with van der Waals surface area (Å²) < 4.78 is 0.912. The number of carbonyl (C=O) groups excluding carboxylic acids is 1. The number of anilines is 2. The zero-order valence-corrected chi connectivity index (χ0v) is 18.0. The summed E-state index contributed by atoms with van der Waals surface area (Å²) in [6, 6.07) is 13.6. The summed E-state index contributed by atoms with van der Waals surface area (Å²) in [5.41, 5.74) is 5.36. The number of halogens is 1. The molecule has 0 bridgehead atoms. The third kappa shape index (κ3) is 3.93. The number of amides is 1. The summed E-state index contributed by atoms with van der Waals surface area (Å²) in [4.78, 5) is 20.7. The molecule has 0 saturated heterocycles. The van der Waals surface area contributed by atoms with E-state index in [0.717, 1.165) is 46.5 Å². The Bertz CT molecular complexity index is 1020. The van der Waals surface area contributed by atoms with Crippen LogP contribution in [0.15, 0.2) is 57.8 Å². The van der Waals surface area contributed by atoms with Gasteiger partial charge in [-0.1, -0.05) is 46.2 Å². The van der Waals surface area contributed by atoms with Crippen molar-refractivity contribution in [2.24, 2.45) is 5.16 Å². The van der Waals surface area contributed by atoms with Crippen molar-refractivity contribution in [1.29, 1.82) is 0 Å². The Morgan fingerprint density at radius 1 is 1.07 bits per heavy atom. The number of hydrogen-bond donors (Lipinski definition) is 2. The first-order valence-corrected chi connectivity index (χ1v) is 10.5. The van der Waals surface area contributed by atoms with Crippen molar-refractivity contribution >= 4 is 44.5 Å². The van der Waals surface area contributed by atoms with Crippen LogP contribution in [0.3, 0.4) is 0 Å². The highest BCUT2D eigenvalue weighted by atomic mass is 79.9. The van der Waals surface area contributed by atoms with Gasteiger partial charge in [0.1, 0.15) is 12.3 Å². The van der Waals surface area contributed by atoms with E-state index in [1.54, 1.807) is 0 Å². The van der Waals surface area contributed by atoms with Gasteiger partial charge in [-0.25, -0.2) is 0 Å². The Hall–Kier alpha value is -2.64. The molecule has 0 atom stereocenters. The van der Waals surface area contributed by atoms with Crippen LogP contribution in [0.1, 0.15) is 24.5 Å². The van der Waals surface area contributed by atoms with E-state index in [1.165, 1.54) is 0 Å². The molecule has 0 unspecified atom stereocenters. The van der Waals surface area contributed by atoms with Gasteiger partial charge in [0.25, 0.3) is 5.91 Å². The number of benzene rings is 2. The van der Waals surface area contributed by atoms with E-state index in [0.29, 0.717) is 23.6 Å². The van der Waals surface area contributed by atoms with Crippen LogP contribution in [0.4, 0.5) is 11.4 Å². The van der Waals surface area contributed by atoms with Gasteiger partial charge in [-0.15, -0.1) is 0 Å². The average Bonchev–Trinajstić information content (AvgIpc) is 3.21. The number of hydrogen-bond acceptors (Lipinski definition) is 5. The Morgan fingerprint density at radius 2 is 1.86 bits per heavy atom. The Balaban J connectivity index is 1.70. The second kappa shape index (κ2) is 8.39. The molecule has 2 aliphatic rings. The molecular weight excluding hydrogens is 432 g/mol. The van der Waals surface area contributed by atoms with Crippen LogP contribution in [0, 0.1) is 0 Å². The van der Waals surface area contributed by atoms with Gasteiger partial charge in [0.15, 0.2) is 0 Å². The summed E-state index contributed by atoms with van der Waals surface area (Å²) in [5, 5.41) is 10.7. The highest BCUT2D eigenvalue weighted by Crippen LogP contribution is 2.40. The smallest absolute Gasteiger partial charge is 0.258 e. The highest BCUT2D eigenvalue weighted by molar-refractivity contribution is 9.10. The number of allylic oxidation sites excluding steroid dienone is 1. The van der Waals surface area contributed by atoms with Crippen LogP contribution in [-0.2, 0) is 9.63 Å². The molecule has 0 radical (unpaired) electrons. The molecule has 2 aliphatic heterocycles. The van der Waals surface area contributed by atoms with Gasteiger partial charge in [-0.05, 0) is 44.3 Å². The normalized spacial score (nSPS) is 18.6. The standard InChI is InChI=1S/C22H23BrN4O2/c1-3-10-27(2)11-12-29-26-20-15-6-4-5-7-17(15)24-21(20)19-16-13-14(23)8-9-18(16)25-22(19)28/h4-9,13,24H,3,10-12H2,1-2H3,(H,25,28)/b21-19-,26-20+. The summed E-state index contributed by atoms with van der Waals surface area (Å²) in [6.07, 6.45) is 1.10. The highest BCUT2D eigenvalue weighted by Gasteiger charge is 2.34. The topological polar surface area (TPSA) is 66.0 Å². The zero-order valence-electron chi connectivity index (χ0n) is 16.5. The second-order valence-electron chi connectivity index (χ2n) is 7.14. The van der Waals surface area contributed by atoms with Gasteiger partial charge in [-0.2, -0.15) is 0 Å². The molecule has 29 heavy (non-hydrogen) atoms. The predicted molar refractivity (Wildman–Crippen MR) is 120 cm³/mol. The van der Waals surface area contributed by atoms with Crippen molar-refractivity contribution < 1.29 is 9.63 Å². The summed E-state index contributed by atoms with van der Waals surface area (Å²) in [6.45, 7) is 4.45. The monoisotopic (exact) mass is 454 g/mol. The molecule has 4 rings (SSSR count). The number of likely N-dealkylation sites (N-methyl/N-ethyl adjacent to an activating group) is 1. The van der Waals surface area contributed by atoms with Crippen LogP contribution < -0.4 is 10.6 Å². The fourth-order valence-electron chi connectivity index (χ4n) is 3.59. The van der Waals surface area contributed by atoms with Gasteiger partial charge < -0.3 is 20.4 Å². The molecule has 7 heteroatoms. The van der Waals surface area contributed by atoms with E-state index in [4.69, 9.17) is 4.84 Å². The van der Waals surface area contributed by atoms with Crippen molar-refractivity contribution in [2.75, 3.05) is 37.4 Å². The number of fused-ring (bicyclic) bond motifs is 2. The van der Waals surface area contributed by atoms with Crippen LogP contribution in [-0.4, -0.2) is 43.3 Å². The third-order valence-corrected chi connectivity index (χ3v) is 5.47. The average molecular weight is 455 g/mol. The molecule has 0 saturated carbocycles. The largest absolute Gasteiger partial charge is 0.394 e. The van der Waals surface area contributed by atoms with E-state index >= 15 is 0 Å². The minimum absolute atomic E-state index is 0.149. The summed E-state index contributed by atoms with van der Waals surface area (Å²) >= 11 is 3.50. The molecule has 0 aliphatic carbocycles. The van der Waals surface area contributed by atoms with Crippen LogP contribution >= 0.6 is 15.9 Å². The Morgan fingerprint density at radius 3 is 2.69 bits per heavy atom. The van der Waals surface area contributed by atoms with E-state index in [1.807, 2.05) is 42.5 Å². The van der Waals surface area contributed by atoms with Gasteiger partial charge >= 0.3 is 0 Å². The lowest BCUT2D eigenvalue weighted by Gasteiger charge is -2.14. The van der Waals surface area contributed by atoms with Crippen molar-refractivity contribution in [3.05, 3.63) is 63.8 Å². The minimum Gasteiger partial charge on any atom is -0.394 e. The van der Waals surface area contributed by atoms with E-state index in [9.17, 15) is 4.79 Å². The quantitative estimate of drug-likeness (QED) is 0.387. The van der Waals surface area contributed by atoms with Crippen molar-refractivity contribution in [3.8, 4) is 0 Å². The molecule has 2 aromatic rings. The lowest BCUT2D eigenvalue weighted by atomic mass is 10.0. The lowest BCUT2D eigenvalue weighted by Crippen LogP contribution is -2.23. The fourth-order valence-corrected chi connectivity index (χ4v) is 3.95. The first kappa shape index (κ1) is 19.7. The first-order chi connectivity index (χ1) is 14.1. The van der Waals surface area contributed by atoms with Gasteiger partial charge in [-0.3, -0.25) is 4.79 Å². The number of para-hydroxylation sites is 1. The molecule has 2 N–H and O–H groups in total. The molecular formula is C22H23BrN4O2. The molecule has 0 aromatic heterocycles. The van der Waals surface area contributed by atoms with E-state index in [2.05, 4.69) is 50.6 Å². The maximum absolute atomic E-state index is 12.8. The van der Waals surface area contributed by atoms with Gasteiger partial charge in [0, 0.05) is 33.5 Å². The summed E-state index contributed by atoms with van der Waals surface area (Å²) in [7, 11) is 2.07. The molecule has 6 nitrogen and oxygen atoms in total. The Labute approximate surface area is 178 Å². The predicted octanol–water partition coefficient (Wildman–Crippen LogP) is 4.30. The summed E-state index contributed by atoms with van der Waals surface area (Å²) in [5.74, 6) is -0.149. The Kier molecular flexibility index (Phi) is 5.69. The SMILES string of the molecule is CCCN(C)CCO/N=C1/C(=C2/C(=O)Nc3ccc(Br)cc32)Nc2ccccc21. The van der Waals surface area contributed by atoms with E-state index in [-0.39, 0.29) is 5.91 Å². The van der Waals surface area contributed by atoms with Crippen molar-refractivity contribution in [2.45, 2.75) is 13.3 Å². The van der Waals surface area contributed by atoms with Crippen LogP contribution in [0.5, 0.6) is 0 Å². The first-order valence-electron chi connectivity index (χ1n) is 9.69.